The van der Waals surface area contributed by atoms with E-state index in [1.807, 2.05) is 44.2 Å². The number of nitrogens with zero attached hydrogens (tertiary/aromatic N) is 3. The largest absolute Gasteiger partial charge is 0.352 e. The Morgan fingerprint density at radius 3 is 2.71 bits per heavy atom. The number of fused-ring (bicyclic) bond motifs is 1. The number of thioether (sulfide) groups is 1. The third kappa shape index (κ3) is 4.66. The minimum Gasteiger partial charge on any atom is -0.352 e. The van der Waals surface area contributed by atoms with E-state index < -0.39 is 0 Å². The topological polar surface area (TPSA) is 76.9 Å². The third-order valence-corrected chi connectivity index (χ3v) is 7.01. The molecule has 1 aliphatic rings. The van der Waals surface area contributed by atoms with Gasteiger partial charge in [0.1, 0.15) is 5.82 Å². The number of amides is 1. The van der Waals surface area contributed by atoms with Crippen LogP contribution in [0.25, 0.3) is 16.7 Å². The standard InChI is InChI=1S/C24H28N4O2S/c1-15-12-13-21(25-14-15)28-23(30)18-9-5-7-11-20(18)27-24(28)31-17(3)22(29)26-19-10-6-4-8-16(19)2/h5,7,9,11-14,16-17,19H,4,6,8,10H2,1-3H3,(H,26,29). The Morgan fingerprint density at radius 1 is 1.19 bits per heavy atom. The molecule has 1 N–H and O–H groups in total. The summed E-state index contributed by atoms with van der Waals surface area (Å²) in [5.41, 5.74) is 1.44. The molecule has 31 heavy (non-hydrogen) atoms. The summed E-state index contributed by atoms with van der Waals surface area (Å²) in [7, 11) is 0. The van der Waals surface area contributed by atoms with Gasteiger partial charge in [0.05, 0.1) is 16.2 Å². The number of para-hydroxylation sites is 1. The zero-order valence-corrected chi connectivity index (χ0v) is 19.0. The van der Waals surface area contributed by atoms with Crippen LogP contribution >= 0.6 is 11.8 Å². The van der Waals surface area contributed by atoms with Crippen molar-refractivity contribution >= 4 is 28.6 Å². The summed E-state index contributed by atoms with van der Waals surface area (Å²) < 4.78 is 1.51. The highest BCUT2D eigenvalue weighted by molar-refractivity contribution is 8.00. The van der Waals surface area contributed by atoms with Gasteiger partial charge in [0.2, 0.25) is 5.91 Å². The number of hydrogen-bond acceptors (Lipinski definition) is 5. The van der Waals surface area contributed by atoms with E-state index in [0.29, 0.717) is 27.8 Å². The first-order valence-corrected chi connectivity index (χ1v) is 11.7. The molecule has 3 aromatic rings. The zero-order valence-electron chi connectivity index (χ0n) is 18.2. The number of nitrogens with one attached hydrogen (secondary N) is 1. The lowest BCUT2D eigenvalue weighted by Crippen LogP contribution is -2.44. The fourth-order valence-electron chi connectivity index (χ4n) is 4.03. The lowest BCUT2D eigenvalue weighted by atomic mass is 9.86. The van der Waals surface area contributed by atoms with E-state index in [-0.39, 0.29) is 22.8 Å². The van der Waals surface area contributed by atoms with Crippen LogP contribution in [0.3, 0.4) is 0 Å². The number of aryl methyl sites for hydroxylation is 1. The monoisotopic (exact) mass is 436 g/mol. The van der Waals surface area contributed by atoms with Crippen molar-refractivity contribution in [1.29, 1.82) is 0 Å². The summed E-state index contributed by atoms with van der Waals surface area (Å²) in [4.78, 5) is 35.4. The molecule has 0 bridgehead atoms. The van der Waals surface area contributed by atoms with Gasteiger partial charge in [-0.15, -0.1) is 0 Å². The van der Waals surface area contributed by atoms with Gasteiger partial charge in [-0.25, -0.2) is 14.5 Å². The van der Waals surface area contributed by atoms with Gasteiger partial charge in [-0.1, -0.05) is 49.7 Å². The van der Waals surface area contributed by atoms with Gasteiger partial charge in [0.15, 0.2) is 5.16 Å². The molecule has 0 aliphatic heterocycles. The van der Waals surface area contributed by atoms with Crippen molar-refractivity contribution in [2.45, 2.75) is 62.9 Å². The van der Waals surface area contributed by atoms with Crippen molar-refractivity contribution in [3.05, 3.63) is 58.5 Å². The van der Waals surface area contributed by atoms with E-state index in [9.17, 15) is 9.59 Å². The molecule has 1 aromatic carbocycles. The van der Waals surface area contributed by atoms with Gasteiger partial charge in [-0.2, -0.15) is 0 Å². The second-order valence-corrected chi connectivity index (χ2v) is 9.69. The zero-order chi connectivity index (χ0) is 22.0. The fraction of sp³-hybridized carbons (Fsp3) is 0.417. The van der Waals surface area contributed by atoms with Crippen molar-refractivity contribution in [3.63, 3.8) is 0 Å². The minimum absolute atomic E-state index is 0.0189. The highest BCUT2D eigenvalue weighted by atomic mass is 32.2. The van der Waals surface area contributed by atoms with Crippen LogP contribution in [0.1, 0.15) is 45.1 Å². The van der Waals surface area contributed by atoms with Crippen molar-refractivity contribution < 1.29 is 4.79 Å². The predicted octanol–water partition coefficient (Wildman–Crippen LogP) is 4.26. The Labute approximate surface area is 186 Å². The fourth-order valence-corrected chi connectivity index (χ4v) is 4.95. The van der Waals surface area contributed by atoms with Crippen molar-refractivity contribution in [3.8, 4) is 5.82 Å². The molecule has 1 fully saturated rings. The van der Waals surface area contributed by atoms with E-state index in [2.05, 4.69) is 17.2 Å². The molecular formula is C24H28N4O2S. The summed E-state index contributed by atoms with van der Waals surface area (Å²) in [6, 6.07) is 11.2. The Morgan fingerprint density at radius 2 is 1.97 bits per heavy atom. The van der Waals surface area contributed by atoms with E-state index in [0.717, 1.165) is 24.8 Å². The molecule has 0 saturated heterocycles. The molecule has 2 heterocycles. The Bertz CT molecular complexity index is 1140. The summed E-state index contributed by atoms with van der Waals surface area (Å²) in [5, 5.41) is 3.83. The first kappa shape index (κ1) is 21.6. The average molecular weight is 437 g/mol. The highest BCUT2D eigenvalue weighted by Crippen LogP contribution is 2.27. The Hall–Kier alpha value is -2.67. The molecule has 162 valence electrons. The molecule has 1 saturated carbocycles. The van der Waals surface area contributed by atoms with Gasteiger partial charge in [-0.3, -0.25) is 9.59 Å². The summed E-state index contributed by atoms with van der Waals surface area (Å²) >= 11 is 1.30. The van der Waals surface area contributed by atoms with Crippen molar-refractivity contribution in [1.82, 2.24) is 19.9 Å². The molecule has 3 atom stereocenters. The molecule has 1 amide bonds. The molecule has 0 radical (unpaired) electrons. The second-order valence-electron chi connectivity index (χ2n) is 8.38. The maximum absolute atomic E-state index is 13.3. The van der Waals surface area contributed by atoms with Gasteiger partial charge in [0.25, 0.3) is 5.56 Å². The molecule has 7 heteroatoms. The molecule has 2 aromatic heterocycles. The first-order chi connectivity index (χ1) is 14.9. The van der Waals surface area contributed by atoms with Crippen molar-refractivity contribution in [2.24, 2.45) is 5.92 Å². The Balaban J connectivity index is 1.67. The number of carbonyl (C=O) groups excluding carboxylic acids is 1. The van der Waals surface area contributed by atoms with E-state index >= 15 is 0 Å². The van der Waals surface area contributed by atoms with Crippen LogP contribution in [-0.2, 0) is 4.79 Å². The lowest BCUT2D eigenvalue weighted by molar-refractivity contribution is -0.121. The van der Waals surface area contributed by atoms with Crippen molar-refractivity contribution in [2.75, 3.05) is 0 Å². The SMILES string of the molecule is Cc1ccc(-n2c(SC(C)C(=O)NC3CCCCC3C)nc3ccccc3c2=O)nc1. The van der Waals surface area contributed by atoms with Crippen LogP contribution in [0.2, 0.25) is 0 Å². The summed E-state index contributed by atoms with van der Waals surface area (Å²) in [6.07, 6.45) is 6.29. The van der Waals surface area contributed by atoms with Gasteiger partial charge in [-0.05, 0) is 56.4 Å². The minimum atomic E-state index is -0.390. The number of benzene rings is 1. The average Bonchev–Trinajstić information content (AvgIpc) is 2.76. The van der Waals surface area contributed by atoms with Gasteiger partial charge in [0, 0.05) is 12.2 Å². The molecule has 4 rings (SSSR count). The van der Waals surface area contributed by atoms with Crippen LogP contribution in [-0.4, -0.2) is 31.7 Å². The van der Waals surface area contributed by atoms with Gasteiger partial charge >= 0.3 is 0 Å². The van der Waals surface area contributed by atoms with Crippen LogP contribution in [0.15, 0.2) is 52.5 Å². The van der Waals surface area contributed by atoms with Crippen LogP contribution < -0.4 is 10.9 Å². The maximum atomic E-state index is 13.3. The Kier molecular flexibility index (Phi) is 6.41. The highest BCUT2D eigenvalue weighted by Gasteiger charge is 2.26. The lowest BCUT2D eigenvalue weighted by Gasteiger charge is -2.30. The molecule has 6 nitrogen and oxygen atoms in total. The second kappa shape index (κ2) is 9.22. The molecule has 1 aliphatic carbocycles. The summed E-state index contributed by atoms with van der Waals surface area (Å²) in [6.45, 7) is 6.02. The number of rotatable bonds is 5. The predicted molar refractivity (Wildman–Crippen MR) is 125 cm³/mol. The van der Waals surface area contributed by atoms with Crippen LogP contribution in [0.5, 0.6) is 0 Å². The van der Waals surface area contributed by atoms with Gasteiger partial charge < -0.3 is 5.32 Å². The number of aromatic nitrogens is 3. The summed E-state index contributed by atoms with van der Waals surface area (Å²) in [5.74, 6) is 0.975. The van der Waals surface area contributed by atoms with E-state index in [1.54, 1.807) is 12.3 Å². The van der Waals surface area contributed by atoms with Crippen LogP contribution in [0, 0.1) is 12.8 Å². The smallest absolute Gasteiger partial charge is 0.267 e. The number of pyridine rings is 1. The third-order valence-electron chi connectivity index (χ3n) is 5.96. The molecule has 0 spiro atoms. The van der Waals surface area contributed by atoms with Crippen LogP contribution in [0.4, 0.5) is 0 Å². The quantitative estimate of drug-likeness (QED) is 0.478. The maximum Gasteiger partial charge on any atom is 0.267 e. The molecular weight excluding hydrogens is 408 g/mol. The van der Waals surface area contributed by atoms with E-state index in [1.165, 1.54) is 22.7 Å². The number of hydrogen-bond donors (Lipinski definition) is 1. The molecule has 3 unspecified atom stereocenters. The number of carbonyl (C=O) groups is 1. The normalized spacial score (nSPS) is 19.8. The van der Waals surface area contributed by atoms with E-state index in [4.69, 9.17) is 4.98 Å². The first-order valence-electron chi connectivity index (χ1n) is 10.9.